The van der Waals surface area contributed by atoms with Gasteiger partial charge >= 0.3 is 0 Å². The first-order valence-corrected chi connectivity index (χ1v) is 10.2. The fraction of sp³-hybridized carbons (Fsp3) is 0.348. The molecule has 0 aliphatic heterocycles. The number of aliphatic hydroxyl groups is 1. The van der Waals surface area contributed by atoms with E-state index in [1.807, 2.05) is 44.2 Å². The molecule has 3 rings (SSSR count). The summed E-state index contributed by atoms with van der Waals surface area (Å²) < 4.78 is 14.0. The van der Waals surface area contributed by atoms with Crippen LogP contribution in [0.5, 0.6) is 0 Å². The second-order valence-corrected chi connectivity index (χ2v) is 8.28. The lowest BCUT2D eigenvalue weighted by molar-refractivity contribution is -0.00177. The van der Waals surface area contributed by atoms with E-state index in [1.54, 1.807) is 12.3 Å². The first kappa shape index (κ1) is 22.4. The Morgan fingerprint density at radius 3 is 2.68 bits per heavy atom. The number of aromatic nitrogens is 2. The Hall–Kier alpha value is -3.26. The number of hydrogen-bond acceptors (Lipinski definition) is 6. The minimum absolute atomic E-state index is 0.0684. The molecule has 0 saturated carbocycles. The summed E-state index contributed by atoms with van der Waals surface area (Å²) in [6.07, 6.45) is 1.61. The number of amides is 1. The Kier molecular flexibility index (Phi) is 6.70. The van der Waals surface area contributed by atoms with Crippen LogP contribution in [0.15, 0.2) is 48.8 Å². The van der Waals surface area contributed by atoms with Crippen LogP contribution in [0.1, 0.15) is 38.1 Å². The van der Waals surface area contributed by atoms with Crippen molar-refractivity contribution in [2.24, 2.45) is 0 Å². The third-order valence-corrected chi connectivity index (χ3v) is 4.68. The Morgan fingerprint density at radius 2 is 1.97 bits per heavy atom. The maximum atomic E-state index is 14.0. The number of fused-ring (bicyclic) bond motifs is 1. The zero-order valence-electron chi connectivity index (χ0n) is 18.1. The van der Waals surface area contributed by atoms with Gasteiger partial charge in [0.05, 0.1) is 28.9 Å². The Bertz CT molecular complexity index is 1070. The summed E-state index contributed by atoms with van der Waals surface area (Å²) in [5.74, 6) is 0.0914. The molecule has 2 aromatic heterocycles. The zero-order chi connectivity index (χ0) is 22.6. The third-order valence-electron chi connectivity index (χ3n) is 4.68. The van der Waals surface area contributed by atoms with Gasteiger partial charge in [0.2, 0.25) is 0 Å². The molecule has 1 amide bonds. The van der Waals surface area contributed by atoms with E-state index in [-0.39, 0.29) is 12.6 Å². The number of nitrogens with one attached hydrogen (secondary N) is 3. The summed E-state index contributed by atoms with van der Waals surface area (Å²) in [6, 6.07) is 11.5. The van der Waals surface area contributed by atoms with Crippen molar-refractivity contribution in [2.75, 3.05) is 17.2 Å². The highest BCUT2D eigenvalue weighted by Gasteiger charge is 2.27. The lowest BCUT2D eigenvalue weighted by Crippen LogP contribution is -2.42. The smallest absolute Gasteiger partial charge is 0.255 e. The number of carbonyl (C=O) groups is 1. The van der Waals surface area contributed by atoms with Gasteiger partial charge in [-0.25, -0.2) is 9.37 Å². The second kappa shape index (κ2) is 9.26. The van der Waals surface area contributed by atoms with E-state index in [2.05, 4.69) is 25.9 Å². The van der Waals surface area contributed by atoms with E-state index >= 15 is 0 Å². The van der Waals surface area contributed by atoms with E-state index in [0.29, 0.717) is 17.1 Å². The summed E-state index contributed by atoms with van der Waals surface area (Å²) in [5.41, 5.74) is 1.07. The van der Waals surface area contributed by atoms with Crippen LogP contribution < -0.4 is 16.0 Å². The van der Waals surface area contributed by atoms with Crippen molar-refractivity contribution in [3.8, 4) is 0 Å². The van der Waals surface area contributed by atoms with Gasteiger partial charge in [0.15, 0.2) is 0 Å². The quantitative estimate of drug-likeness (QED) is 0.435. The third kappa shape index (κ3) is 5.88. The molecule has 3 aromatic rings. The molecule has 4 N–H and O–H groups in total. The highest BCUT2D eigenvalue weighted by atomic mass is 19.1. The molecule has 0 aliphatic rings. The van der Waals surface area contributed by atoms with Crippen molar-refractivity contribution in [3.63, 3.8) is 0 Å². The van der Waals surface area contributed by atoms with E-state index in [4.69, 9.17) is 0 Å². The molecule has 0 fully saturated rings. The van der Waals surface area contributed by atoms with Gasteiger partial charge in [-0.3, -0.25) is 9.78 Å². The molecule has 31 heavy (non-hydrogen) atoms. The highest BCUT2D eigenvalue weighted by Crippen LogP contribution is 2.24. The molecular weight excluding hydrogens is 397 g/mol. The summed E-state index contributed by atoms with van der Waals surface area (Å²) in [4.78, 5) is 21.3. The van der Waals surface area contributed by atoms with Crippen LogP contribution in [-0.4, -0.2) is 45.3 Å². The minimum Gasteiger partial charge on any atom is -0.387 e. The van der Waals surface area contributed by atoms with Gasteiger partial charge in [-0.15, -0.1) is 0 Å². The van der Waals surface area contributed by atoms with Crippen molar-refractivity contribution >= 4 is 34.0 Å². The number of pyridine rings is 2. The number of rotatable bonds is 8. The van der Waals surface area contributed by atoms with Crippen LogP contribution in [0.4, 0.5) is 21.6 Å². The maximum Gasteiger partial charge on any atom is 0.255 e. The molecule has 1 atom stereocenters. The SMILES string of the molecule is CC(C)Nc1cc(Nc2ccc3ncccc3c2)ncc1C(=O)NC[C@@H](F)C(C)(C)O. The molecule has 0 unspecified atom stereocenters. The summed E-state index contributed by atoms with van der Waals surface area (Å²) >= 11 is 0. The lowest BCUT2D eigenvalue weighted by Gasteiger charge is -2.23. The van der Waals surface area contributed by atoms with Crippen LogP contribution in [0.2, 0.25) is 0 Å². The van der Waals surface area contributed by atoms with Gasteiger partial charge < -0.3 is 21.1 Å². The number of hydrogen-bond donors (Lipinski definition) is 4. The number of halogens is 1. The van der Waals surface area contributed by atoms with Gasteiger partial charge in [-0.2, -0.15) is 0 Å². The molecule has 7 nitrogen and oxygen atoms in total. The van der Waals surface area contributed by atoms with Crippen molar-refractivity contribution < 1.29 is 14.3 Å². The summed E-state index contributed by atoms with van der Waals surface area (Å²) in [7, 11) is 0. The molecule has 164 valence electrons. The molecule has 2 heterocycles. The largest absolute Gasteiger partial charge is 0.387 e. The Labute approximate surface area is 181 Å². The second-order valence-electron chi connectivity index (χ2n) is 8.28. The number of nitrogens with zero attached hydrogens (tertiary/aromatic N) is 2. The van der Waals surface area contributed by atoms with Gasteiger partial charge in [-0.1, -0.05) is 6.07 Å². The number of benzene rings is 1. The fourth-order valence-corrected chi connectivity index (χ4v) is 2.96. The van der Waals surface area contributed by atoms with Crippen LogP contribution in [0.25, 0.3) is 10.9 Å². The van der Waals surface area contributed by atoms with E-state index < -0.39 is 17.7 Å². The highest BCUT2D eigenvalue weighted by molar-refractivity contribution is 6.00. The summed E-state index contributed by atoms with van der Waals surface area (Å²) in [5, 5.41) is 19.7. The zero-order valence-corrected chi connectivity index (χ0v) is 18.1. The molecule has 0 radical (unpaired) electrons. The van der Waals surface area contributed by atoms with Gasteiger partial charge in [0.25, 0.3) is 5.91 Å². The number of alkyl halides is 1. The van der Waals surface area contributed by atoms with Crippen molar-refractivity contribution in [2.45, 2.75) is 45.5 Å². The predicted molar refractivity (Wildman–Crippen MR) is 122 cm³/mol. The van der Waals surface area contributed by atoms with Crippen LogP contribution in [0, 0.1) is 0 Å². The van der Waals surface area contributed by atoms with E-state index in [0.717, 1.165) is 16.6 Å². The molecule has 0 aliphatic carbocycles. The normalized spacial score (nSPS) is 12.6. The topological polar surface area (TPSA) is 99.2 Å². The van der Waals surface area contributed by atoms with E-state index in [9.17, 15) is 14.3 Å². The van der Waals surface area contributed by atoms with Gasteiger partial charge in [0, 0.05) is 35.6 Å². The standard InChI is InChI=1S/C23H28FN5O2/c1-14(2)28-19-11-21(29-16-7-8-18-15(10-16)6-5-9-25-18)26-12-17(19)22(30)27-13-20(24)23(3,4)31/h5-12,14,20,31H,13H2,1-4H3,(H,27,30)(H2,26,28,29)/t20-/m1/s1. The fourth-order valence-electron chi connectivity index (χ4n) is 2.96. The van der Waals surface area contributed by atoms with Gasteiger partial charge in [0.1, 0.15) is 12.0 Å². The number of carbonyl (C=O) groups excluding carboxylic acids is 1. The molecule has 0 bridgehead atoms. The van der Waals surface area contributed by atoms with Crippen molar-refractivity contribution in [3.05, 3.63) is 54.4 Å². The number of anilines is 3. The summed E-state index contributed by atoms with van der Waals surface area (Å²) in [6.45, 7) is 6.34. The molecule has 1 aromatic carbocycles. The van der Waals surface area contributed by atoms with E-state index in [1.165, 1.54) is 20.0 Å². The minimum atomic E-state index is -1.59. The van der Waals surface area contributed by atoms with Crippen LogP contribution in [-0.2, 0) is 0 Å². The molecule has 0 spiro atoms. The van der Waals surface area contributed by atoms with Gasteiger partial charge in [-0.05, 0) is 52.0 Å². The predicted octanol–water partition coefficient (Wildman–Crippen LogP) is 4.03. The maximum absolute atomic E-state index is 14.0. The van der Waals surface area contributed by atoms with Crippen molar-refractivity contribution in [1.29, 1.82) is 0 Å². The van der Waals surface area contributed by atoms with Crippen LogP contribution in [0.3, 0.4) is 0 Å². The van der Waals surface area contributed by atoms with Crippen molar-refractivity contribution in [1.82, 2.24) is 15.3 Å². The Morgan fingerprint density at radius 1 is 1.19 bits per heavy atom. The average molecular weight is 426 g/mol. The van der Waals surface area contributed by atoms with Crippen LogP contribution >= 0.6 is 0 Å². The lowest BCUT2D eigenvalue weighted by atomic mass is 10.0. The molecular formula is C23H28FN5O2. The Balaban J connectivity index is 1.80. The molecule has 0 saturated heterocycles. The first-order valence-electron chi connectivity index (χ1n) is 10.2. The first-order chi connectivity index (χ1) is 14.6. The molecule has 8 heteroatoms. The monoisotopic (exact) mass is 425 g/mol. The average Bonchev–Trinajstić information content (AvgIpc) is 2.70.